The van der Waals surface area contributed by atoms with Gasteiger partial charge in [0.25, 0.3) is 0 Å². The molecule has 3 atom stereocenters. The Balaban J connectivity index is 1.55. The zero-order valence-electron chi connectivity index (χ0n) is 18.6. The topological polar surface area (TPSA) is 87.1 Å². The Hall–Kier alpha value is -3.62. The summed E-state index contributed by atoms with van der Waals surface area (Å²) in [5.41, 5.74) is 1.26. The third-order valence-corrected chi connectivity index (χ3v) is 6.13. The fraction of sp³-hybridized carbons (Fsp3) is 0.320. The van der Waals surface area contributed by atoms with Gasteiger partial charge < -0.3 is 15.7 Å². The maximum atomic E-state index is 14.4. The summed E-state index contributed by atoms with van der Waals surface area (Å²) in [7, 11) is 0. The number of halogens is 3. The molecular formula is C25H25F3N4O2. The first-order valence-corrected chi connectivity index (χ1v) is 11.1. The average Bonchev–Trinajstić information content (AvgIpc) is 2.78. The number of hydrogen-bond donors (Lipinski definition) is 3. The van der Waals surface area contributed by atoms with E-state index in [1.54, 1.807) is 12.4 Å². The molecule has 1 aliphatic carbocycles. The molecule has 0 unspecified atom stereocenters. The summed E-state index contributed by atoms with van der Waals surface area (Å²) in [6.45, 7) is 2.28. The maximum Gasteiger partial charge on any atom is 0.404 e. The normalized spacial score (nSPS) is 20.1. The Morgan fingerprint density at radius 1 is 1.06 bits per heavy atom. The summed E-state index contributed by atoms with van der Waals surface area (Å²) in [6, 6.07) is 7.69. The number of nitrogens with one attached hydrogen (secondary N) is 2. The van der Waals surface area contributed by atoms with E-state index in [-0.39, 0.29) is 24.2 Å². The van der Waals surface area contributed by atoms with Crippen LogP contribution in [0.2, 0.25) is 0 Å². The number of anilines is 1. The molecule has 6 nitrogen and oxygen atoms in total. The van der Waals surface area contributed by atoms with E-state index in [4.69, 9.17) is 5.11 Å². The fourth-order valence-corrected chi connectivity index (χ4v) is 4.73. The second-order valence-electron chi connectivity index (χ2n) is 8.70. The number of hydrogen-bond acceptors (Lipinski definition) is 4. The van der Waals surface area contributed by atoms with Crippen molar-refractivity contribution in [1.82, 2.24) is 15.3 Å². The maximum absolute atomic E-state index is 14.4. The first-order chi connectivity index (χ1) is 16.3. The number of carbonyl (C=O) groups is 1. The van der Waals surface area contributed by atoms with Gasteiger partial charge in [-0.1, -0.05) is 13.0 Å². The van der Waals surface area contributed by atoms with Crippen molar-refractivity contribution in [2.75, 3.05) is 5.32 Å². The molecular weight excluding hydrogens is 445 g/mol. The first kappa shape index (κ1) is 23.5. The van der Waals surface area contributed by atoms with Crippen molar-refractivity contribution in [2.45, 2.75) is 44.7 Å². The van der Waals surface area contributed by atoms with Crippen molar-refractivity contribution in [3.05, 3.63) is 77.5 Å². The van der Waals surface area contributed by atoms with E-state index in [0.717, 1.165) is 42.3 Å². The van der Waals surface area contributed by atoms with Gasteiger partial charge in [-0.15, -0.1) is 0 Å². The molecule has 1 aromatic carbocycles. The summed E-state index contributed by atoms with van der Waals surface area (Å²) in [4.78, 5) is 19.5. The van der Waals surface area contributed by atoms with Crippen LogP contribution in [0, 0.1) is 23.4 Å². The van der Waals surface area contributed by atoms with E-state index in [1.807, 2.05) is 6.07 Å². The lowest BCUT2D eigenvalue weighted by Gasteiger charge is -2.34. The zero-order valence-corrected chi connectivity index (χ0v) is 18.6. The van der Waals surface area contributed by atoms with Crippen molar-refractivity contribution in [2.24, 2.45) is 5.92 Å². The van der Waals surface area contributed by atoms with Gasteiger partial charge in [-0.05, 0) is 67.0 Å². The van der Waals surface area contributed by atoms with Gasteiger partial charge in [0.2, 0.25) is 0 Å². The smallest absolute Gasteiger partial charge is 0.404 e. The first-order valence-electron chi connectivity index (χ1n) is 11.1. The number of rotatable bonds is 6. The summed E-state index contributed by atoms with van der Waals surface area (Å²) < 4.78 is 42.8. The highest BCUT2D eigenvalue weighted by Crippen LogP contribution is 2.39. The van der Waals surface area contributed by atoms with Crippen LogP contribution in [0.1, 0.15) is 43.4 Å². The quantitative estimate of drug-likeness (QED) is 0.429. The third kappa shape index (κ3) is 5.30. The van der Waals surface area contributed by atoms with E-state index in [9.17, 15) is 18.0 Å². The number of amides is 1. The van der Waals surface area contributed by atoms with Crippen LogP contribution in [-0.4, -0.2) is 27.2 Å². The standard InChI is InChI=1S/C25H25F3N4O2/c1-14-9-15(11-17(10-14)32-25(33)34)18-7-8-29-13-22(18)30-12-16-5-6-21(28)24(31-16)23-19(26)3-2-4-20(23)27/h2-8,13-15,17,30,32H,9-12H2,1H3,(H,33,34)/t14-,15+,17-/m0/s1. The van der Waals surface area contributed by atoms with Crippen molar-refractivity contribution in [3.8, 4) is 11.3 Å². The van der Waals surface area contributed by atoms with Gasteiger partial charge in [-0.25, -0.2) is 22.9 Å². The molecule has 34 heavy (non-hydrogen) atoms. The Bertz CT molecular complexity index is 1170. The van der Waals surface area contributed by atoms with Crippen molar-refractivity contribution in [3.63, 3.8) is 0 Å². The van der Waals surface area contributed by atoms with E-state index < -0.39 is 29.1 Å². The lowest BCUT2D eigenvalue weighted by Crippen LogP contribution is -2.39. The van der Waals surface area contributed by atoms with Crippen LogP contribution < -0.4 is 10.6 Å². The van der Waals surface area contributed by atoms with Gasteiger partial charge in [-0.3, -0.25) is 4.98 Å². The van der Waals surface area contributed by atoms with E-state index >= 15 is 0 Å². The molecule has 1 saturated carbocycles. The lowest BCUT2D eigenvalue weighted by atomic mass is 9.76. The zero-order chi connectivity index (χ0) is 24.2. The largest absolute Gasteiger partial charge is 0.465 e. The molecule has 1 aliphatic rings. The Morgan fingerprint density at radius 3 is 2.56 bits per heavy atom. The Labute approximate surface area is 195 Å². The molecule has 1 amide bonds. The Morgan fingerprint density at radius 2 is 1.82 bits per heavy atom. The fourth-order valence-electron chi connectivity index (χ4n) is 4.73. The Kier molecular flexibility index (Phi) is 7.00. The number of carboxylic acid groups (broad SMARTS) is 1. The number of nitrogens with zero attached hydrogens (tertiary/aromatic N) is 2. The second kappa shape index (κ2) is 10.1. The van der Waals surface area contributed by atoms with Gasteiger partial charge in [0.1, 0.15) is 23.1 Å². The van der Waals surface area contributed by atoms with Crippen LogP contribution >= 0.6 is 0 Å². The number of benzene rings is 1. The van der Waals surface area contributed by atoms with Crippen molar-refractivity contribution in [1.29, 1.82) is 0 Å². The molecule has 3 aromatic rings. The van der Waals surface area contributed by atoms with Gasteiger partial charge in [-0.2, -0.15) is 0 Å². The summed E-state index contributed by atoms with van der Waals surface area (Å²) in [6.07, 6.45) is 4.69. The minimum Gasteiger partial charge on any atom is -0.465 e. The lowest BCUT2D eigenvalue weighted by molar-refractivity contribution is 0.179. The molecule has 0 saturated heterocycles. The molecule has 2 aromatic heterocycles. The van der Waals surface area contributed by atoms with Crippen LogP contribution in [0.5, 0.6) is 0 Å². The van der Waals surface area contributed by atoms with Gasteiger partial charge >= 0.3 is 6.09 Å². The van der Waals surface area contributed by atoms with Crippen LogP contribution in [0.15, 0.2) is 48.8 Å². The summed E-state index contributed by atoms with van der Waals surface area (Å²) in [5, 5.41) is 15.0. The van der Waals surface area contributed by atoms with Gasteiger partial charge in [0.05, 0.1) is 29.7 Å². The van der Waals surface area contributed by atoms with Crippen molar-refractivity contribution >= 4 is 11.8 Å². The highest BCUT2D eigenvalue weighted by atomic mass is 19.1. The second-order valence-corrected chi connectivity index (χ2v) is 8.70. The summed E-state index contributed by atoms with van der Waals surface area (Å²) in [5.74, 6) is -2.13. The molecule has 0 spiro atoms. The molecule has 9 heteroatoms. The molecule has 0 aliphatic heterocycles. The predicted octanol–water partition coefficient (Wildman–Crippen LogP) is 5.71. The third-order valence-electron chi connectivity index (χ3n) is 6.13. The molecule has 0 bridgehead atoms. The van der Waals surface area contributed by atoms with Crippen molar-refractivity contribution < 1.29 is 23.1 Å². The minimum absolute atomic E-state index is 0.121. The molecule has 3 N–H and O–H groups in total. The molecule has 1 fully saturated rings. The van der Waals surface area contributed by atoms with Gasteiger partial charge in [0, 0.05) is 12.2 Å². The average molecular weight is 470 g/mol. The van der Waals surface area contributed by atoms with E-state index in [0.29, 0.717) is 18.0 Å². The highest BCUT2D eigenvalue weighted by molar-refractivity contribution is 5.65. The van der Waals surface area contributed by atoms with Crippen LogP contribution in [0.3, 0.4) is 0 Å². The molecule has 0 radical (unpaired) electrons. The molecule has 4 rings (SSSR count). The highest BCUT2D eigenvalue weighted by Gasteiger charge is 2.30. The molecule has 2 heterocycles. The van der Waals surface area contributed by atoms with E-state index in [1.165, 1.54) is 12.1 Å². The van der Waals surface area contributed by atoms with Crippen LogP contribution in [-0.2, 0) is 6.54 Å². The SMILES string of the molecule is C[C@@H]1C[C@H](NC(=O)O)C[C@H](c2ccncc2NCc2ccc(F)c(-c3c(F)cccc3F)n2)C1. The van der Waals surface area contributed by atoms with E-state index in [2.05, 4.69) is 27.5 Å². The van der Waals surface area contributed by atoms with Gasteiger partial charge in [0.15, 0.2) is 0 Å². The predicted molar refractivity (Wildman–Crippen MR) is 122 cm³/mol. The minimum atomic E-state index is -1.03. The van der Waals surface area contributed by atoms with Crippen LogP contribution in [0.25, 0.3) is 11.3 Å². The van der Waals surface area contributed by atoms with Crippen LogP contribution in [0.4, 0.5) is 23.7 Å². The number of aromatic nitrogens is 2. The number of pyridine rings is 2. The summed E-state index contributed by atoms with van der Waals surface area (Å²) >= 11 is 0. The molecule has 178 valence electrons. The monoisotopic (exact) mass is 470 g/mol.